The molecule has 1 rings (SSSR count). The lowest BCUT2D eigenvalue weighted by molar-refractivity contribution is 0.246. The quantitative estimate of drug-likeness (QED) is 0.896. The number of sulfonamides is 1. The van der Waals surface area contributed by atoms with Crippen molar-refractivity contribution in [3.63, 3.8) is 0 Å². The first-order valence-electron chi connectivity index (χ1n) is 5.59. The van der Waals surface area contributed by atoms with E-state index >= 15 is 0 Å². The van der Waals surface area contributed by atoms with Gasteiger partial charge in [0.1, 0.15) is 0 Å². The minimum atomic E-state index is -3.82. The van der Waals surface area contributed by atoms with Gasteiger partial charge in [0.25, 0.3) is 10.0 Å². The van der Waals surface area contributed by atoms with Gasteiger partial charge >= 0.3 is 6.03 Å². The van der Waals surface area contributed by atoms with Gasteiger partial charge < -0.3 is 5.32 Å². The molecule has 1 aromatic carbocycles. The summed E-state index contributed by atoms with van der Waals surface area (Å²) in [4.78, 5) is 11.2. The zero-order chi connectivity index (χ0) is 14.5. The Labute approximate surface area is 117 Å². The second-order valence-electron chi connectivity index (χ2n) is 3.81. The van der Waals surface area contributed by atoms with Gasteiger partial charge in [0.05, 0.1) is 5.41 Å². The fourth-order valence-electron chi connectivity index (χ4n) is 1.37. The van der Waals surface area contributed by atoms with Crippen LogP contribution in [-0.4, -0.2) is 21.0 Å². The molecule has 0 saturated carbocycles. The van der Waals surface area contributed by atoms with Crippen LogP contribution in [0.3, 0.4) is 0 Å². The Morgan fingerprint density at radius 1 is 1.32 bits per heavy atom. The first-order valence-corrected chi connectivity index (χ1v) is 7.51. The fraction of sp³-hybridized carbons (Fsp3) is 0.250. The average Bonchev–Trinajstić information content (AvgIpc) is 2.28. The summed E-state index contributed by atoms with van der Waals surface area (Å²) in [5.74, 6) is 0. The Bertz CT molecular complexity index is 579. The number of carbonyl (C=O) groups excluding carboxylic acids is 1. The third-order valence-electron chi connectivity index (χ3n) is 2.20. The summed E-state index contributed by atoms with van der Waals surface area (Å²) in [6.45, 7) is 3.68. The number of hydrogen-bond acceptors (Lipinski definition) is 3. The van der Waals surface area contributed by atoms with Crippen LogP contribution < -0.4 is 10.0 Å². The molecular formula is C12H15ClN2O3S. The van der Waals surface area contributed by atoms with E-state index in [0.29, 0.717) is 22.7 Å². The Kier molecular flexibility index (Phi) is 5.38. The Morgan fingerprint density at radius 2 is 1.89 bits per heavy atom. The van der Waals surface area contributed by atoms with E-state index in [-0.39, 0.29) is 0 Å². The summed E-state index contributed by atoms with van der Waals surface area (Å²) < 4.78 is 25.3. The van der Waals surface area contributed by atoms with Gasteiger partial charge in [0.15, 0.2) is 0 Å². The minimum Gasteiger partial charge on any atom is -0.338 e. The van der Waals surface area contributed by atoms with Gasteiger partial charge in [-0.25, -0.2) is 17.9 Å². The number of benzene rings is 1. The lowest BCUT2D eigenvalue weighted by Gasteiger charge is -2.06. The van der Waals surface area contributed by atoms with Gasteiger partial charge in [-0.2, -0.15) is 0 Å². The summed E-state index contributed by atoms with van der Waals surface area (Å²) in [5, 5.41) is 3.92. The summed E-state index contributed by atoms with van der Waals surface area (Å²) in [6.07, 6.45) is 0. The first-order chi connectivity index (χ1) is 8.84. The van der Waals surface area contributed by atoms with Crippen LogP contribution >= 0.6 is 11.6 Å². The largest absolute Gasteiger partial charge is 0.338 e. The number of halogens is 1. The molecular weight excluding hydrogens is 288 g/mol. The van der Waals surface area contributed by atoms with E-state index in [4.69, 9.17) is 11.6 Å². The molecule has 0 saturated heterocycles. The van der Waals surface area contributed by atoms with Crippen LogP contribution in [0.15, 0.2) is 29.7 Å². The normalized spacial score (nSPS) is 12.1. The van der Waals surface area contributed by atoms with E-state index in [9.17, 15) is 13.2 Å². The van der Waals surface area contributed by atoms with Crippen LogP contribution in [0.5, 0.6) is 0 Å². The smallest absolute Gasteiger partial charge is 0.328 e. The molecule has 0 aliphatic heterocycles. The highest BCUT2D eigenvalue weighted by Gasteiger charge is 2.11. The maximum absolute atomic E-state index is 11.7. The van der Waals surface area contributed by atoms with E-state index in [1.807, 2.05) is 4.72 Å². The third-order valence-corrected chi connectivity index (χ3v) is 3.59. The van der Waals surface area contributed by atoms with E-state index in [0.717, 1.165) is 5.41 Å². The number of carbonyl (C=O) groups is 1. The molecule has 0 bridgehead atoms. The van der Waals surface area contributed by atoms with Crippen LogP contribution in [0.4, 0.5) is 4.79 Å². The van der Waals surface area contributed by atoms with Crippen molar-refractivity contribution in [2.45, 2.75) is 13.8 Å². The maximum atomic E-state index is 11.7. The monoisotopic (exact) mass is 302 g/mol. The van der Waals surface area contributed by atoms with E-state index < -0.39 is 16.1 Å². The first kappa shape index (κ1) is 15.5. The van der Waals surface area contributed by atoms with Gasteiger partial charge in [0.2, 0.25) is 0 Å². The zero-order valence-corrected chi connectivity index (χ0v) is 12.2. The summed E-state index contributed by atoms with van der Waals surface area (Å²) in [6, 6.07) is 5.99. The third kappa shape index (κ3) is 5.32. The summed E-state index contributed by atoms with van der Waals surface area (Å²) in [5.41, 5.74) is 1.22. The molecule has 2 amide bonds. The van der Waals surface area contributed by atoms with Crippen LogP contribution in [0.1, 0.15) is 19.4 Å². The lowest BCUT2D eigenvalue weighted by atomic mass is 10.1. The standard InChI is InChI=1S/C12H15ClN2O3S/c1-3-14-12(16)15-19(17,18)8-9(2)10-4-6-11(13)7-5-10/h4-8H,3H2,1-2H3,(H2,14,15,16)/b9-8+. The molecule has 5 nitrogen and oxygen atoms in total. The molecule has 2 N–H and O–H groups in total. The number of allylic oxidation sites excluding steroid dienone is 1. The topological polar surface area (TPSA) is 75.3 Å². The maximum Gasteiger partial charge on any atom is 0.328 e. The highest BCUT2D eigenvalue weighted by atomic mass is 35.5. The van der Waals surface area contributed by atoms with E-state index in [2.05, 4.69) is 5.32 Å². The second-order valence-corrected chi connectivity index (χ2v) is 5.78. The highest BCUT2D eigenvalue weighted by Crippen LogP contribution is 2.17. The van der Waals surface area contributed by atoms with Gasteiger partial charge in [-0.3, -0.25) is 0 Å². The van der Waals surface area contributed by atoms with Gasteiger partial charge in [0, 0.05) is 11.6 Å². The van der Waals surface area contributed by atoms with Gasteiger partial charge in [-0.15, -0.1) is 0 Å². The predicted octanol–water partition coefficient (Wildman–Crippen LogP) is 2.35. The van der Waals surface area contributed by atoms with Gasteiger partial charge in [-0.1, -0.05) is 23.7 Å². The van der Waals surface area contributed by atoms with Crippen molar-refractivity contribution in [2.24, 2.45) is 0 Å². The molecule has 7 heteroatoms. The van der Waals surface area contributed by atoms with Crippen molar-refractivity contribution in [3.05, 3.63) is 40.3 Å². The van der Waals surface area contributed by atoms with Crippen molar-refractivity contribution in [1.29, 1.82) is 0 Å². The number of rotatable bonds is 4. The lowest BCUT2D eigenvalue weighted by Crippen LogP contribution is -2.38. The number of hydrogen-bond donors (Lipinski definition) is 2. The highest BCUT2D eigenvalue weighted by molar-refractivity contribution is 7.93. The molecule has 0 aromatic heterocycles. The Morgan fingerprint density at radius 3 is 2.42 bits per heavy atom. The van der Waals surface area contributed by atoms with Crippen molar-refractivity contribution in [3.8, 4) is 0 Å². The number of nitrogens with one attached hydrogen (secondary N) is 2. The number of urea groups is 1. The average molecular weight is 303 g/mol. The Balaban J connectivity index is 2.88. The fourth-order valence-corrected chi connectivity index (χ4v) is 2.49. The molecule has 0 unspecified atom stereocenters. The van der Waals surface area contributed by atoms with E-state index in [1.54, 1.807) is 38.1 Å². The van der Waals surface area contributed by atoms with Crippen LogP contribution in [0.2, 0.25) is 5.02 Å². The van der Waals surface area contributed by atoms with Crippen molar-refractivity contribution >= 4 is 33.2 Å². The van der Waals surface area contributed by atoms with E-state index in [1.165, 1.54) is 0 Å². The second kappa shape index (κ2) is 6.58. The van der Waals surface area contributed by atoms with Gasteiger partial charge in [-0.05, 0) is 37.1 Å². The molecule has 0 aliphatic carbocycles. The van der Waals surface area contributed by atoms with Crippen molar-refractivity contribution < 1.29 is 13.2 Å². The summed E-state index contributed by atoms with van der Waals surface area (Å²) >= 11 is 5.75. The van der Waals surface area contributed by atoms with Crippen molar-refractivity contribution in [1.82, 2.24) is 10.0 Å². The zero-order valence-electron chi connectivity index (χ0n) is 10.6. The Hall–Kier alpha value is -1.53. The molecule has 104 valence electrons. The molecule has 0 radical (unpaired) electrons. The molecule has 0 spiro atoms. The molecule has 0 heterocycles. The molecule has 19 heavy (non-hydrogen) atoms. The number of amides is 2. The molecule has 0 fully saturated rings. The summed E-state index contributed by atoms with van der Waals surface area (Å²) in [7, 11) is -3.82. The SMILES string of the molecule is CCNC(=O)NS(=O)(=O)/C=C(\C)c1ccc(Cl)cc1. The molecule has 0 aliphatic rings. The predicted molar refractivity (Wildman–Crippen MR) is 76.2 cm³/mol. The van der Waals surface area contributed by atoms with Crippen LogP contribution in [0, 0.1) is 0 Å². The van der Waals surface area contributed by atoms with Crippen LogP contribution in [-0.2, 0) is 10.0 Å². The molecule has 1 aromatic rings. The minimum absolute atomic E-state index is 0.348. The van der Waals surface area contributed by atoms with Crippen molar-refractivity contribution in [2.75, 3.05) is 6.54 Å². The van der Waals surface area contributed by atoms with Crippen LogP contribution in [0.25, 0.3) is 5.57 Å². The molecule has 0 atom stereocenters.